The van der Waals surface area contributed by atoms with Crippen LogP contribution in [0.4, 0.5) is 0 Å². The number of esters is 2. The quantitative estimate of drug-likeness (QED) is 0.0543. The molecule has 0 spiro atoms. The molecule has 15 heteroatoms. The minimum Gasteiger partial charge on any atom is -0.457 e. The molecule has 0 aromatic heterocycles. The van der Waals surface area contributed by atoms with E-state index in [4.69, 9.17) is 82.8 Å². The van der Waals surface area contributed by atoms with E-state index in [1.165, 1.54) is 6.92 Å². The van der Waals surface area contributed by atoms with Crippen LogP contribution in [-0.2, 0) is 67.2 Å². The van der Waals surface area contributed by atoms with Crippen LogP contribution in [0.15, 0.2) is 121 Å². The normalized spacial score (nSPS) is 26.0. The molecule has 4 aromatic carbocycles. The first-order chi connectivity index (χ1) is 28.0. The summed E-state index contributed by atoms with van der Waals surface area (Å²) >= 11 is 18.0. The van der Waals surface area contributed by atoms with Gasteiger partial charge in [-0.15, -0.1) is 0 Å². The molecule has 1 N–H and O–H groups in total. The van der Waals surface area contributed by atoms with E-state index in [9.17, 15) is 9.59 Å². The third-order valence-corrected chi connectivity index (χ3v) is 9.84. The second-order valence-corrected chi connectivity index (χ2v) is 15.9. The van der Waals surface area contributed by atoms with Gasteiger partial charge in [0.1, 0.15) is 24.4 Å². The van der Waals surface area contributed by atoms with Gasteiger partial charge in [0.15, 0.2) is 18.5 Å². The van der Waals surface area contributed by atoms with Gasteiger partial charge in [-0.3, -0.25) is 10.2 Å². The molecule has 0 radical (unpaired) electrons. The Morgan fingerprint density at radius 1 is 0.638 bits per heavy atom. The van der Waals surface area contributed by atoms with Crippen LogP contribution in [0.1, 0.15) is 40.9 Å². The van der Waals surface area contributed by atoms with Crippen molar-refractivity contribution in [1.29, 1.82) is 5.41 Å². The Labute approximate surface area is 351 Å². The molecule has 4 aromatic rings. The monoisotopic (exact) mass is 855 g/mol. The van der Waals surface area contributed by atoms with Gasteiger partial charge >= 0.3 is 11.9 Å². The van der Waals surface area contributed by atoms with Crippen LogP contribution in [-0.4, -0.2) is 83.5 Å². The highest BCUT2D eigenvalue weighted by atomic mass is 35.6. The molecular weight excluding hydrogens is 813 g/mol. The van der Waals surface area contributed by atoms with Crippen molar-refractivity contribution in [2.45, 2.75) is 92.8 Å². The van der Waals surface area contributed by atoms with Crippen LogP contribution in [0.5, 0.6) is 0 Å². The van der Waals surface area contributed by atoms with Crippen molar-refractivity contribution in [2.75, 3.05) is 6.61 Å². The Bertz CT molecular complexity index is 1910. The van der Waals surface area contributed by atoms with E-state index in [0.717, 1.165) is 16.7 Å². The fourth-order valence-electron chi connectivity index (χ4n) is 6.50. The number of hydrogen-bond donors (Lipinski definition) is 1. The first-order valence-corrected chi connectivity index (χ1v) is 19.7. The predicted octanol–water partition coefficient (Wildman–Crippen LogP) is 7.75. The molecule has 0 amide bonds. The predicted molar refractivity (Wildman–Crippen MR) is 214 cm³/mol. The zero-order chi connectivity index (χ0) is 41.1. The molecule has 0 saturated carbocycles. The van der Waals surface area contributed by atoms with Crippen molar-refractivity contribution in [3.63, 3.8) is 0 Å². The van der Waals surface area contributed by atoms with Crippen molar-refractivity contribution in [1.82, 2.24) is 0 Å². The van der Waals surface area contributed by atoms with Crippen LogP contribution < -0.4 is 0 Å². The summed E-state index contributed by atoms with van der Waals surface area (Å²) in [5, 5.41) is 8.36. The highest BCUT2D eigenvalue weighted by molar-refractivity contribution is 6.76. The number of ether oxygens (including phenoxy) is 9. The number of benzene rings is 4. The topological polar surface area (TPSA) is 141 Å². The van der Waals surface area contributed by atoms with Gasteiger partial charge in [-0.1, -0.05) is 144 Å². The maximum absolute atomic E-state index is 13.7. The summed E-state index contributed by atoms with van der Waals surface area (Å²) in [5.41, 5.74) is 2.90. The van der Waals surface area contributed by atoms with Crippen LogP contribution in [0.2, 0.25) is 0 Å². The zero-order valence-corrected chi connectivity index (χ0v) is 34.0. The van der Waals surface area contributed by atoms with Crippen LogP contribution in [0.3, 0.4) is 0 Å². The maximum Gasteiger partial charge on any atom is 0.338 e. The molecule has 2 saturated heterocycles. The lowest BCUT2D eigenvalue weighted by Gasteiger charge is -2.47. The molecule has 5 unspecified atom stereocenters. The second-order valence-electron chi connectivity index (χ2n) is 13.6. The highest BCUT2D eigenvalue weighted by Crippen LogP contribution is 2.36. The van der Waals surface area contributed by atoms with Crippen molar-refractivity contribution in [3.8, 4) is 0 Å². The molecule has 2 heterocycles. The van der Waals surface area contributed by atoms with Gasteiger partial charge in [-0.2, -0.15) is 0 Å². The average molecular weight is 857 g/mol. The summed E-state index contributed by atoms with van der Waals surface area (Å²) < 4.78 is 54.3. The Hall–Kier alpha value is -4.08. The summed E-state index contributed by atoms with van der Waals surface area (Å²) in [5.74, 6) is -2.28. The van der Waals surface area contributed by atoms with Crippen LogP contribution >= 0.6 is 34.8 Å². The van der Waals surface area contributed by atoms with Gasteiger partial charge in [0.05, 0.1) is 38.1 Å². The number of alkyl halides is 3. The molecule has 12 nitrogen and oxygen atoms in total. The lowest BCUT2D eigenvalue weighted by atomic mass is 9.97. The van der Waals surface area contributed by atoms with E-state index >= 15 is 0 Å². The summed E-state index contributed by atoms with van der Waals surface area (Å²) in [6, 6.07) is 37.0. The fourth-order valence-corrected chi connectivity index (χ4v) is 6.63. The molecule has 0 bridgehead atoms. The van der Waals surface area contributed by atoms with Gasteiger partial charge in [0, 0.05) is 6.92 Å². The van der Waals surface area contributed by atoms with Crippen molar-refractivity contribution < 1.29 is 52.2 Å². The molecule has 2 fully saturated rings. The Morgan fingerprint density at radius 3 is 1.66 bits per heavy atom. The summed E-state index contributed by atoms with van der Waals surface area (Å²) in [4.78, 5) is 26.3. The number of hydrogen-bond acceptors (Lipinski definition) is 12. The molecule has 308 valence electrons. The molecule has 58 heavy (non-hydrogen) atoms. The van der Waals surface area contributed by atoms with Crippen molar-refractivity contribution >= 4 is 52.6 Å². The smallest absolute Gasteiger partial charge is 0.338 e. The Morgan fingerprint density at radius 2 is 1.14 bits per heavy atom. The fraction of sp³-hybridized carbons (Fsp3) is 0.372. The standard InChI is InChI=1S/C43H44Cl3NO11/c1-27-34(55-28(2)48)36(38(41(54-27)58-42(47)43(44,45)46)56-39(49)32-21-13-6-14-22-32)57-40-37(52-25-31-19-11-5-12-20-31)35(51-24-30-17-9-4-10-18-30)33(26-53-40)50-23-29-15-7-3-8-16-29/h3-22,27,33-38,40-41,47H,23-26H2,1-2H3/t27?,33-,34-,35?,36?,37?,38?,40-,41-/m0/s1. The van der Waals surface area contributed by atoms with Gasteiger partial charge in [-0.25, -0.2) is 4.79 Å². The molecule has 9 atom stereocenters. The average Bonchev–Trinajstić information content (AvgIpc) is 3.22. The maximum atomic E-state index is 13.7. The van der Waals surface area contributed by atoms with Gasteiger partial charge in [-0.05, 0) is 35.7 Å². The first kappa shape index (κ1) is 43.5. The van der Waals surface area contributed by atoms with E-state index in [1.54, 1.807) is 37.3 Å². The number of carbonyl (C=O) groups is 2. The third kappa shape index (κ3) is 12.0. The first-order valence-electron chi connectivity index (χ1n) is 18.6. The number of rotatable bonds is 15. The van der Waals surface area contributed by atoms with E-state index in [0.29, 0.717) is 0 Å². The minimum atomic E-state index is -2.30. The number of nitrogens with one attached hydrogen (secondary N) is 1. The second kappa shape index (κ2) is 20.7. The van der Waals surface area contributed by atoms with Gasteiger partial charge in [0.25, 0.3) is 3.79 Å². The summed E-state index contributed by atoms with van der Waals surface area (Å²) in [6.07, 6.45) is -10.3. The molecule has 2 aliphatic rings. The van der Waals surface area contributed by atoms with E-state index in [-0.39, 0.29) is 32.0 Å². The Kier molecular flexibility index (Phi) is 15.6. The van der Waals surface area contributed by atoms with Gasteiger partial charge in [0.2, 0.25) is 12.2 Å². The van der Waals surface area contributed by atoms with Crippen LogP contribution in [0, 0.1) is 5.41 Å². The number of halogens is 3. The largest absolute Gasteiger partial charge is 0.457 e. The molecule has 0 aliphatic carbocycles. The molecular formula is C43H44Cl3NO11. The molecule has 6 rings (SSSR count). The van der Waals surface area contributed by atoms with E-state index < -0.39 is 76.9 Å². The van der Waals surface area contributed by atoms with Gasteiger partial charge < -0.3 is 42.6 Å². The number of carbonyl (C=O) groups excluding carboxylic acids is 2. The van der Waals surface area contributed by atoms with Crippen LogP contribution in [0.25, 0.3) is 0 Å². The van der Waals surface area contributed by atoms with E-state index in [2.05, 4.69) is 0 Å². The highest BCUT2D eigenvalue weighted by Gasteiger charge is 2.55. The minimum absolute atomic E-state index is 0.00846. The lowest BCUT2D eigenvalue weighted by molar-refractivity contribution is -0.348. The zero-order valence-electron chi connectivity index (χ0n) is 31.7. The summed E-state index contributed by atoms with van der Waals surface area (Å²) in [6.45, 7) is 3.40. The summed E-state index contributed by atoms with van der Waals surface area (Å²) in [7, 11) is 0. The van der Waals surface area contributed by atoms with E-state index in [1.807, 2.05) is 91.0 Å². The van der Waals surface area contributed by atoms with Crippen molar-refractivity contribution in [2.24, 2.45) is 0 Å². The molecule has 2 aliphatic heterocycles. The third-order valence-electron chi connectivity index (χ3n) is 9.33. The Balaban J connectivity index is 1.37. The lowest BCUT2D eigenvalue weighted by Crippen LogP contribution is -2.64. The SMILES string of the molecule is CC(=O)O[C@H]1C(C)O[C@@H](OC(=N)C(Cl)(Cl)Cl)C(OC(=O)c2ccccc2)C1O[C@@H]1OC[C@H](OCc2ccccc2)C(OCc2ccccc2)C1OCc1ccccc1. The van der Waals surface area contributed by atoms with Crippen molar-refractivity contribution in [3.05, 3.63) is 144 Å².